The molecule has 0 bridgehead atoms. The summed E-state index contributed by atoms with van der Waals surface area (Å²) in [6, 6.07) is 9.16. The number of carbonyl (C=O) groups excluding carboxylic acids is 3. The largest absolute Gasteiger partial charge is 0.493 e. The van der Waals surface area contributed by atoms with Gasteiger partial charge in [-0.1, -0.05) is 12.1 Å². The van der Waals surface area contributed by atoms with Crippen LogP contribution in [0.5, 0.6) is 11.5 Å². The second-order valence-corrected chi connectivity index (χ2v) is 8.08. The van der Waals surface area contributed by atoms with Crippen LogP contribution in [0, 0.1) is 13.8 Å². The van der Waals surface area contributed by atoms with E-state index in [-0.39, 0.29) is 32.0 Å². The first-order valence-corrected chi connectivity index (χ1v) is 11.3. The number of ether oxygens (including phenoxy) is 3. The number of fused-ring (bicyclic) bond motifs is 1. The predicted molar refractivity (Wildman–Crippen MR) is 133 cm³/mol. The number of aryl methyl sites for hydroxylation is 2. The van der Waals surface area contributed by atoms with Crippen LogP contribution in [-0.4, -0.2) is 45.2 Å². The van der Waals surface area contributed by atoms with Gasteiger partial charge < -0.3 is 24.8 Å². The third-order valence-corrected chi connectivity index (χ3v) is 5.66. The Kier molecular flexibility index (Phi) is 8.35. The van der Waals surface area contributed by atoms with E-state index >= 15 is 0 Å². The quantitative estimate of drug-likeness (QED) is 0.530. The maximum Gasteiger partial charge on any atom is 0.311 e. The Hall–Kier alpha value is -4.01. The number of para-hydroxylation sites is 1. The summed E-state index contributed by atoms with van der Waals surface area (Å²) >= 11 is 0. The zero-order chi connectivity index (χ0) is 25.5. The van der Waals surface area contributed by atoms with E-state index in [9.17, 15) is 14.4 Å². The lowest BCUT2D eigenvalue weighted by Crippen LogP contribution is -2.40. The molecule has 0 spiro atoms. The van der Waals surface area contributed by atoms with Gasteiger partial charge in [0.15, 0.2) is 11.5 Å². The minimum absolute atomic E-state index is 0.0817. The molecule has 3 rings (SSSR count). The summed E-state index contributed by atoms with van der Waals surface area (Å²) in [6.45, 7) is 5.86. The maximum atomic E-state index is 13.2. The molecule has 2 amide bonds. The summed E-state index contributed by atoms with van der Waals surface area (Å²) in [7, 11) is 3.08. The van der Waals surface area contributed by atoms with Crippen molar-refractivity contribution in [3.8, 4) is 11.5 Å². The van der Waals surface area contributed by atoms with Gasteiger partial charge in [0.05, 0.1) is 38.6 Å². The van der Waals surface area contributed by atoms with Crippen molar-refractivity contribution in [2.75, 3.05) is 37.6 Å². The molecule has 2 aromatic rings. The highest BCUT2D eigenvalue weighted by molar-refractivity contribution is 6.09. The molecule has 0 saturated carbocycles. The summed E-state index contributed by atoms with van der Waals surface area (Å²) in [5, 5.41) is 6.02. The molecular formula is C26H31N3O6. The Bertz CT molecular complexity index is 1160. The fraction of sp³-hybridized carbons (Fsp3) is 0.346. The van der Waals surface area contributed by atoms with Gasteiger partial charge in [0, 0.05) is 23.9 Å². The molecule has 0 aliphatic carbocycles. The van der Waals surface area contributed by atoms with E-state index in [1.807, 2.05) is 38.1 Å². The second kappa shape index (κ2) is 11.4. The van der Waals surface area contributed by atoms with E-state index in [1.165, 1.54) is 18.1 Å². The van der Waals surface area contributed by atoms with Gasteiger partial charge in [-0.2, -0.15) is 0 Å². The molecule has 0 atom stereocenters. The minimum Gasteiger partial charge on any atom is -0.493 e. The Balaban J connectivity index is 1.83. The Morgan fingerprint density at radius 3 is 2.51 bits per heavy atom. The molecule has 0 unspecified atom stereocenters. The van der Waals surface area contributed by atoms with Crippen LogP contribution in [-0.2, 0) is 25.7 Å². The average molecular weight is 482 g/mol. The van der Waals surface area contributed by atoms with Crippen LogP contribution in [0.2, 0.25) is 0 Å². The number of amides is 2. The number of benzene rings is 2. The lowest BCUT2D eigenvalue weighted by molar-refractivity contribution is -0.142. The van der Waals surface area contributed by atoms with Crippen LogP contribution in [0.3, 0.4) is 0 Å². The van der Waals surface area contributed by atoms with Crippen LogP contribution >= 0.6 is 0 Å². The van der Waals surface area contributed by atoms with Crippen molar-refractivity contribution in [3.05, 3.63) is 58.8 Å². The molecule has 1 aliphatic rings. The first-order chi connectivity index (χ1) is 16.8. The molecule has 186 valence electrons. The molecular weight excluding hydrogens is 450 g/mol. The highest BCUT2D eigenvalue weighted by atomic mass is 16.5. The van der Waals surface area contributed by atoms with Gasteiger partial charge in [-0.05, 0) is 50.1 Å². The number of esters is 1. The highest BCUT2D eigenvalue weighted by Gasteiger charge is 2.26. The number of methoxy groups -OCH3 is 2. The number of hydrogen-bond acceptors (Lipinski definition) is 7. The van der Waals surface area contributed by atoms with E-state index in [2.05, 4.69) is 10.6 Å². The van der Waals surface area contributed by atoms with Gasteiger partial charge in [0.1, 0.15) is 6.54 Å². The lowest BCUT2D eigenvalue weighted by atomic mass is 10.1. The average Bonchev–Trinajstić information content (AvgIpc) is 2.93. The van der Waals surface area contributed by atoms with E-state index in [0.717, 1.165) is 16.7 Å². The number of rotatable bonds is 9. The molecule has 1 heterocycles. The summed E-state index contributed by atoms with van der Waals surface area (Å²) in [4.78, 5) is 39.5. The molecule has 1 aliphatic heterocycles. The molecule has 2 N–H and O–H groups in total. The van der Waals surface area contributed by atoms with Gasteiger partial charge in [-0.3, -0.25) is 19.3 Å². The van der Waals surface area contributed by atoms with Crippen LogP contribution in [0.25, 0.3) is 0 Å². The summed E-state index contributed by atoms with van der Waals surface area (Å²) in [5.74, 6) is -0.106. The van der Waals surface area contributed by atoms with Crippen LogP contribution in [0.15, 0.2) is 42.1 Å². The monoisotopic (exact) mass is 481 g/mol. The summed E-state index contributed by atoms with van der Waals surface area (Å²) < 4.78 is 15.8. The van der Waals surface area contributed by atoms with Gasteiger partial charge in [0.25, 0.3) is 5.91 Å². The Morgan fingerprint density at radius 2 is 1.83 bits per heavy atom. The third-order valence-electron chi connectivity index (χ3n) is 5.66. The van der Waals surface area contributed by atoms with Crippen LogP contribution in [0.4, 0.5) is 11.4 Å². The third kappa shape index (κ3) is 6.11. The number of nitrogens with one attached hydrogen (secondary N) is 2. The molecule has 0 aromatic heterocycles. The fourth-order valence-electron chi connectivity index (χ4n) is 3.79. The molecule has 0 saturated heterocycles. The van der Waals surface area contributed by atoms with E-state index in [0.29, 0.717) is 28.6 Å². The molecule has 0 radical (unpaired) electrons. The number of hydrogen-bond donors (Lipinski definition) is 2. The van der Waals surface area contributed by atoms with Crippen LogP contribution < -0.4 is 25.0 Å². The van der Waals surface area contributed by atoms with E-state index < -0.39 is 11.9 Å². The Labute approximate surface area is 205 Å². The maximum absolute atomic E-state index is 13.2. The van der Waals surface area contributed by atoms with Crippen molar-refractivity contribution in [3.63, 3.8) is 0 Å². The molecule has 2 aromatic carbocycles. The Morgan fingerprint density at radius 1 is 1.09 bits per heavy atom. The molecule has 35 heavy (non-hydrogen) atoms. The topological polar surface area (TPSA) is 106 Å². The van der Waals surface area contributed by atoms with Crippen molar-refractivity contribution in [2.45, 2.75) is 33.7 Å². The zero-order valence-corrected chi connectivity index (χ0v) is 20.7. The predicted octanol–water partition coefficient (Wildman–Crippen LogP) is 3.23. The van der Waals surface area contributed by atoms with Crippen molar-refractivity contribution >= 4 is 29.2 Å². The standard InChI is InChI=1S/C26H31N3O6/c1-6-35-25(32)13-19-12-24(31)29(21-11-17(3)16(2)10-20(21)28-19)15-23(30)27-14-18-8-7-9-22(33-4)26(18)34-5/h7-12,28H,6,13-15H2,1-5H3,(H,27,30). The normalized spacial score (nSPS) is 12.7. The molecule has 0 fully saturated rings. The first-order valence-electron chi connectivity index (χ1n) is 11.3. The molecule has 9 nitrogen and oxygen atoms in total. The summed E-state index contributed by atoms with van der Waals surface area (Å²) in [6.07, 6.45) is 1.25. The van der Waals surface area contributed by atoms with Crippen molar-refractivity contribution in [2.24, 2.45) is 0 Å². The zero-order valence-electron chi connectivity index (χ0n) is 20.7. The van der Waals surface area contributed by atoms with Gasteiger partial charge in [-0.25, -0.2) is 0 Å². The smallest absolute Gasteiger partial charge is 0.311 e. The number of nitrogens with zero attached hydrogens (tertiary/aromatic N) is 1. The lowest BCUT2D eigenvalue weighted by Gasteiger charge is -2.23. The number of anilines is 2. The minimum atomic E-state index is -0.442. The molecule has 9 heteroatoms. The van der Waals surface area contributed by atoms with Gasteiger partial charge in [-0.15, -0.1) is 0 Å². The van der Waals surface area contributed by atoms with Gasteiger partial charge in [0.2, 0.25) is 5.91 Å². The van der Waals surface area contributed by atoms with Crippen LogP contribution in [0.1, 0.15) is 30.0 Å². The second-order valence-electron chi connectivity index (χ2n) is 8.08. The summed E-state index contributed by atoms with van der Waals surface area (Å²) in [5.41, 5.74) is 4.32. The SMILES string of the molecule is CCOC(=O)CC1=CC(=O)N(CC(=O)NCc2cccc(OC)c2OC)c2cc(C)c(C)cc2N1. The van der Waals surface area contributed by atoms with Gasteiger partial charge >= 0.3 is 5.97 Å². The van der Waals surface area contributed by atoms with Crippen molar-refractivity contribution < 1.29 is 28.6 Å². The first kappa shape index (κ1) is 25.6. The number of carbonyl (C=O) groups is 3. The van der Waals surface area contributed by atoms with Crippen molar-refractivity contribution in [1.82, 2.24) is 5.32 Å². The van der Waals surface area contributed by atoms with E-state index in [4.69, 9.17) is 14.2 Å². The fourth-order valence-corrected chi connectivity index (χ4v) is 3.79. The van der Waals surface area contributed by atoms with Crippen molar-refractivity contribution in [1.29, 1.82) is 0 Å². The highest BCUT2D eigenvalue weighted by Crippen LogP contribution is 2.34. The van der Waals surface area contributed by atoms with E-state index in [1.54, 1.807) is 20.1 Å².